The van der Waals surface area contributed by atoms with Gasteiger partial charge in [-0.2, -0.15) is 5.26 Å². The van der Waals surface area contributed by atoms with Crippen LogP contribution in [0.15, 0.2) is 96.9 Å². The Morgan fingerprint density at radius 2 is 1.48 bits per heavy atom. The van der Waals surface area contributed by atoms with E-state index in [1.54, 1.807) is 58.4 Å². The number of halogens is 1. The van der Waals surface area contributed by atoms with Crippen LogP contribution < -0.4 is 25.6 Å². The third-order valence-electron chi connectivity index (χ3n) is 14.9. The molecule has 0 radical (unpaired) electrons. The second-order valence-corrected chi connectivity index (χ2v) is 23.0. The highest BCUT2D eigenvalue weighted by molar-refractivity contribution is 7.13. The van der Waals surface area contributed by atoms with Crippen LogP contribution in [0.3, 0.4) is 0 Å². The summed E-state index contributed by atoms with van der Waals surface area (Å²) >= 11 is 1.56. The first kappa shape index (κ1) is 66.6. The van der Waals surface area contributed by atoms with Crippen molar-refractivity contribution in [2.45, 2.75) is 71.7 Å². The summed E-state index contributed by atoms with van der Waals surface area (Å²) in [7, 11) is 1.41. The summed E-state index contributed by atoms with van der Waals surface area (Å²) in [5.41, 5.74) is 6.87. The minimum atomic E-state index is -0.954. The monoisotopic (exact) mass is 1240 g/mol. The van der Waals surface area contributed by atoms with Gasteiger partial charge in [0.1, 0.15) is 29.3 Å². The number of likely N-dealkylation sites (tertiary alicyclic amines) is 1. The number of anilines is 2. The highest BCUT2D eigenvalue weighted by atomic mass is 32.1. The number of thiazole rings is 1. The van der Waals surface area contributed by atoms with Crippen molar-refractivity contribution in [2.75, 3.05) is 116 Å². The highest BCUT2D eigenvalue weighted by Gasteiger charge is 2.44. The predicted octanol–water partition coefficient (Wildman–Crippen LogP) is 6.23. The van der Waals surface area contributed by atoms with Gasteiger partial charge in [0, 0.05) is 76.3 Å². The topological polar surface area (TPSA) is 282 Å². The molecule has 3 aromatic heterocycles. The Morgan fingerprint density at radius 1 is 0.820 bits per heavy atom. The largest absolute Gasteiger partial charge is 0.496 e. The third-order valence-corrected chi connectivity index (χ3v) is 15.9. The van der Waals surface area contributed by atoms with Crippen LogP contribution in [0.1, 0.15) is 67.3 Å². The third kappa shape index (κ3) is 18.6. The molecule has 5 amide bonds. The number of aromatic nitrogens is 4. The number of nitriles is 1. The molecular formula is C64H76FN11O12S. The number of ether oxygens (including phenoxy) is 6. The number of aryl methyl sites for hydroxylation is 1. The number of hydrogen-bond donors (Lipinski definition) is 4. The maximum atomic E-state index is 14.9. The fourth-order valence-electron chi connectivity index (χ4n) is 10.1. The Labute approximate surface area is 520 Å². The number of carbonyl (C=O) groups excluding carboxylic acids is 5. The van der Waals surface area contributed by atoms with Gasteiger partial charge in [-0.15, -0.1) is 11.3 Å². The summed E-state index contributed by atoms with van der Waals surface area (Å²) in [6, 6.07) is 21.0. The van der Waals surface area contributed by atoms with Crippen LogP contribution in [0.25, 0.3) is 33.0 Å². The molecule has 0 bridgehead atoms. The number of carbonyl (C=O) groups is 5. The van der Waals surface area contributed by atoms with Crippen LogP contribution >= 0.6 is 11.3 Å². The molecule has 8 rings (SSSR count). The number of rotatable bonds is 30. The van der Waals surface area contributed by atoms with E-state index in [2.05, 4.69) is 46.9 Å². The van der Waals surface area contributed by atoms with Crippen molar-refractivity contribution in [3.8, 4) is 44.8 Å². The van der Waals surface area contributed by atoms with Crippen molar-refractivity contribution < 1.29 is 61.9 Å². The van der Waals surface area contributed by atoms with Crippen molar-refractivity contribution in [3.05, 3.63) is 125 Å². The molecule has 472 valence electrons. The van der Waals surface area contributed by atoms with Gasteiger partial charge >= 0.3 is 0 Å². The SMILES string of the molecule is COc1cccc(F)c1-c1nccc(C(=O)Nc2ccc(-c3cnccc3C#N)cc2N2CCN(C(=O)CCOCCOCCOCCOCCOCCC(=O)N[C@H](C(=O)N3C[C@H](O)C[C@H]3C(=O)NCc3ccc(-c4scnc4C)cc3)C(C)(C)C)CC2)n1. The first-order chi connectivity index (χ1) is 43.0. The molecule has 0 saturated carbocycles. The van der Waals surface area contributed by atoms with Gasteiger partial charge in [0.25, 0.3) is 5.91 Å². The Hall–Kier alpha value is -8.35. The number of nitrogens with one attached hydrogen (secondary N) is 3. The van der Waals surface area contributed by atoms with E-state index < -0.39 is 41.2 Å². The minimum Gasteiger partial charge on any atom is -0.496 e. The molecule has 23 nitrogen and oxygen atoms in total. The molecule has 25 heteroatoms. The first-order valence-corrected chi connectivity index (χ1v) is 30.3. The Kier molecular flexibility index (Phi) is 24.5. The number of benzene rings is 3. The second kappa shape index (κ2) is 32.8. The van der Waals surface area contributed by atoms with E-state index in [0.717, 1.165) is 21.7 Å². The van der Waals surface area contributed by atoms with E-state index in [9.17, 15) is 38.7 Å². The molecule has 0 unspecified atom stereocenters. The van der Waals surface area contributed by atoms with Crippen molar-refractivity contribution in [3.63, 3.8) is 0 Å². The lowest BCUT2D eigenvalue weighted by atomic mass is 9.85. The average molecular weight is 1240 g/mol. The van der Waals surface area contributed by atoms with Gasteiger partial charge in [-0.3, -0.25) is 29.0 Å². The number of pyridine rings is 1. The van der Waals surface area contributed by atoms with Gasteiger partial charge in [0.05, 0.1) is 130 Å². The van der Waals surface area contributed by atoms with E-state index in [4.69, 9.17) is 28.4 Å². The number of piperazine rings is 1. The van der Waals surface area contributed by atoms with Gasteiger partial charge in [0.2, 0.25) is 23.6 Å². The van der Waals surface area contributed by atoms with Crippen molar-refractivity contribution in [2.24, 2.45) is 5.41 Å². The molecule has 2 aliphatic heterocycles. The zero-order chi connectivity index (χ0) is 63.3. The quantitative estimate of drug-likeness (QED) is 0.0364. The molecule has 0 aliphatic carbocycles. The zero-order valence-corrected chi connectivity index (χ0v) is 51.5. The van der Waals surface area contributed by atoms with Crippen LogP contribution in [-0.2, 0) is 49.4 Å². The van der Waals surface area contributed by atoms with Crippen LogP contribution in [-0.4, -0.2) is 188 Å². The minimum absolute atomic E-state index is 0.000291. The van der Waals surface area contributed by atoms with E-state index in [1.807, 2.05) is 58.0 Å². The number of amides is 5. The molecule has 2 fully saturated rings. The Balaban J connectivity index is 0.665. The fraction of sp³-hybridized carbons (Fsp3) is 0.438. The summed E-state index contributed by atoms with van der Waals surface area (Å²) in [5, 5.41) is 29.2. The molecule has 3 atom stereocenters. The zero-order valence-electron chi connectivity index (χ0n) is 50.7. The summed E-state index contributed by atoms with van der Waals surface area (Å²) in [6.45, 7) is 12.2. The van der Waals surface area contributed by atoms with Crippen LogP contribution in [0.4, 0.5) is 15.8 Å². The maximum Gasteiger partial charge on any atom is 0.274 e. The van der Waals surface area contributed by atoms with Crippen LogP contribution in [0.5, 0.6) is 5.75 Å². The number of nitrogens with zero attached hydrogens (tertiary/aromatic N) is 8. The smallest absolute Gasteiger partial charge is 0.274 e. The van der Waals surface area contributed by atoms with Gasteiger partial charge in [-0.05, 0) is 65.4 Å². The lowest BCUT2D eigenvalue weighted by molar-refractivity contribution is -0.144. The summed E-state index contributed by atoms with van der Waals surface area (Å²) in [4.78, 5) is 91.0. The predicted molar refractivity (Wildman–Crippen MR) is 330 cm³/mol. The van der Waals surface area contributed by atoms with E-state index in [-0.39, 0.29) is 99.3 Å². The first-order valence-electron chi connectivity index (χ1n) is 29.4. The molecule has 5 heterocycles. The van der Waals surface area contributed by atoms with Gasteiger partial charge < -0.3 is 64.2 Å². The molecule has 89 heavy (non-hydrogen) atoms. The lowest BCUT2D eigenvalue weighted by Crippen LogP contribution is -2.57. The van der Waals surface area contributed by atoms with E-state index in [0.29, 0.717) is 93.9 Å². The van der Waals surface area contributed by atoms with Crippen molar-refractivity contribution >= 4 is 52.2 Å². The molecule has 6 aromatic rings. The summed E-state index contributed by atoms with van der Waals surface area (Å²) in [5.74, 6) is -2.23. The second-order valence-electron chi connectivity index (χ2n) is 22.2. The number of β-amino-alcohol motifs (C(OH)–C–C–N with tert-alkyl or cyclic N) is 1. The van der Waals surface area contributed by atoms with Crippen LogP contribution in [0.2, 0.25) is 0 Å². The standard InChI is InChI=1S/C64H76FN11O12S/c1-42-58(89-41-70-42)44-11-9-43(10-12-44)38-69-62(81)53-36-47(77)40-76(53)63(82)59(64(2,3)4)73-55(78)17-25-84-27-29-86-31-33-88-34-32-87-30-28-85-26-18-56(79)75-23-21-74(22-24-75)52-35-45(48-39-67-19-15-46(48)37-66)13-14-50(52)72-61(80)51-16-20-68-60(71-51)57-49(65)7-6-8-54(57)83-5/h6-16,19-20,35,39,41,47,53,59,77H,17-18,21-34,36,38,40H2,1-5H3,(H,69,81)(H,72,80)(H,73,78)/t47-,53+,59-/m1/s1. The highest BCUT2D eigenvalue weighted by Crippen LogP contribution is 2.36. The number of methoxy groups -OCH3 is 1. The fourth-order valence-corrected chi connectivity index (χ4v) is 11.0. The molecule has 4 N–H and O–H groups in total. The lowest BCUT2D eigenvalue weighted by Gasteiger charge is -2.37. The van der Waals surface area contributed by atoms with Gasteiger partial charge in [-0.1, -0.05) is 57.2 Å². The Bertz CT molecular complexity index is 3410. The summed E-state index contributed by atoms with van der Waals surface area (Å²) < 4.78 is 48.4. The number of hydrogen-bond acceptors (Lipinski definition) is 19. The van der Waals surface area contributed by atoms with Crippen molar-refractivity contribution in [1.82, 2.24) is 40.4 Å². The number of aliphatic hydroxyl groups excluding tert-OH is 1. The molecule has 0 spiro atoms. The molecule has 2 aliphatic rings. The number of aliphatic hydroxyl groups is 1. The van der Waals surface area contributed by atoms with E-state index in [1.165, 1.54) is 36.4 Å². The molecular weight excluding hydrogens is 1170 g/mol. The molecule has 3 aromatic carbocycles. The summed E-state index contributed by atoms with van der Waals surface area (Å²) in [6.07, 6.45) is 3.92. The van der Waals surface area contributed by atoms with Gasteiger partial charge in [-0.25, -0.2) is 19.3 Å². The van der Waals surface area contributed by atoms with Crippen molar-refractivity contribution in [1.29, 1.82) is 5.26 Å². The molecule has 2 saturated heterocycles. The Morgan fingerprint density at radius 3 is 2.12 bits per heavy atom. The normalized spacial score (nSPS) is 15.3. The average Bonchev–Trinajstić information content (AvgIpc) is 2.02. The van der Waals surface area contributed by atoms with Crippen LogP contribution in [0, 0.1) is 29.5 Å². The van der Waals surface area contributed by atoms with E-state index >= 15 is 0 Å². The maximum absolute atomic E-state index is 14.9. The van der Waals surface area contributed by atoms with Gasteiger partial charge in [0.15, 0.2) is 5.82 Å².